The average molecular weight is 322 g/mol. The van der Waals surface area contributed by atoms with Crippen molar-refractivity contribution in [3.63, 3.8) is 0 Å². The molecule has 0 aliphatic carbocycles. The first-order valence-electron chi connectivity index (χ1n) is 6.87. The summed E-state index contributed by atoms with van der Waals surface area (Å²) < 4.78 is 1.97. The molecule has 0 N–H and O–H groups in total. The van der Waals surface area contributed by atoms with Gasteiger partial charge < -0.3 is 0 Å². The lowest BCUT2D eigenvalue weighted by Gasteiger charge is -2.03. The monoisotopic (exact) mass is 322 g/mol. The Morgan fingerprint density at radius 1 is 0.957 bits per heavy atom. The molecule has 2 aromatic carbocycles. The summed E-state index contributed by atoms with van der Waals surface area (Å²) in [6, 6.07) is 16.3. The molecule has 0 saturated heterocycles. The average Bonchev–Trinajstić information content (AvgIpc) is 3.17. The highest BCUT2D eigenvalue weighted by Crippen LogP contribution is 2.30. The molecule has 2 aromatic heterocycles. The number of benzene rings is 2. The SMILES string of the molecule is O=[N+]([O-])c1ccc(-c2csc3nnc(-c4ccccc4)n23)cc1. The number of nitro groups is 1. The molecule has 0 spiro atoms. The van der Waals surface area contributed by atoms with Gasteiger partial charge in [0.25, 0.3) is 5.69 Å². The van der Waals surface area contributed by atoms with E-state index in [1.165, 1.54) is 23.5 Å². The predicted octanol–water partition coefficient (Wildman–Crippen LogP) is 4.03. The molecule has 0 fully saturated rings. The van der Waals surface area contributed by atoms with Crippen molar-refractivity contribution in [2.24, 2.45) is 0 Å². The summed E-state index contributed by atoms with van der Waals surface area (Å²) in [6.45, 7) is 0. The Morgan fingerprint density at radius 2 is 1.70 bits per heavy atom. The van der Waals surface area contributed by atoms with Gasteiger partial charge in [-0.2, -0.15) is 0 Å². The van der Waals surface area contributed by atoms with Gasteiger partial charge in [-0.15, -0.1) is 21.5 Å². The third-order valence-electron chi connectivity index (χ3n) is 3.56. The van der Waals surface area contributed by atoms with Gasteiger partial charge in [0.1, 0.15) is 0 Å². The van der Waals surface area contributed by atoms with E-state index >= 15 is 0 Å². The number of non-ortho nitro benzene ring substituents is 1. The van der Waals surface area contributed by atoms with Gasteiger partial charge in [0.05, 0.1) is 10.6 Å². The van der Waals surface area contributed by atoms with Crippen LogP contribution in [0.2, 0.25) is 0 Å². The highest BCUT2D eigenvalue weighted by Gasteiger charge is 2.15. The number of nitro benzene ring substituents is 1. The van der Waals surface area contributed by atoms with E-state index in [1.54, 1.807) is 12.1 Å². The number of nitrogens with zero attached hydrogens (tertiary/aromatic N) is 4. The summed E-state index contributed by atoms with van der Waals surface area (Å²) in [5.41, 5.74) is 2.86. The van der Waals surface area contributed by atoms with Gasteiger partial charge in [-0.25, -0.2) is 0 Å². The van der Waals surface area contributed by atoms with Crippen LogP contribution in [-0.2, 0) is 0 Å². The molecule has 112 valence electrons. The van der Waals surface area contributed by atoms with Crippen LogP contribution in [0.1, 0.15) is 0 Å². The third-order valence-corrected chi connectivity index (χ3v) is 4.37. The minimum Gasteiger partial charge on any atom is -0.265 e. The molecule has 0 atom stereocenters. The second kappa shape index (κ2) is 5.29. The number of hydrogen-bond acceptors (Lipinski definition) is 5. The molecule has 4 rings (SSSR count). The van der Waals surface area contributed by atoms with Gasteiger partial charge in [-0.05, 0) is 17.7 Å². The fourth-order valence-corrected chi connectivity index (χ4v) is 3.29. The smallest absolute Gasteiger partial charge is 0.265 e. The van der Waals surface area contributed by atoms with Gasteiger partial charge in [0, 0.05) is 23.1 Å². The Balaban J connectivity index is 1.88. The number of fused-ring (bicyclic) bond motifs is 1. The lowest BCUT2D eigenvalue weighted by molar-refractivity contribution is -0.384. The Bertz CT molecular complexity index is 990. The number of rotatable bonds is 3. The molecule has 0 aliphatic heterocycles. The van der Waals surface area contributed by atoms with Gasteiger partial charge in [0.2, 0.25) is 4.96 Å². The number of thiazole rings is 1. The van der Waals surface area contributed by atoms with Crippen LogP contribution in [0.25, 0.3) is 27.6 Å². The zero-order valence-corrected chi connectivity index (χ0v) is 12.6. The predicted molar refractivity (Wildman–Crippen MR) is 88.4 cm³/mol. The molecule has 2 heterocycles. The van der Waals surface area contributed by atoms with Crippen LogP contribution >= 0.6 is 11.3 Å². The largest absolute Gasteiger partial charge is 0.269 e. The molecule has 6 nitrogen and oxygen atoms in total. The van der Waals surface area contributed by atoms with Crippen molar-refractivity contribution in [2.45, 2.75) is 0 Å². The molecular formula is C16H10N4O2S. The standard InChI is InChI=1S/C16H10N4O2S/c21-20(22)13-8-6-11(7-9-13)14-10-23-16-18-17-15(19(14)16)12-4-2-1-3-5-12/h1-10H. The maximum atomic E-state index is 10.8. The van der Waals surface area contributed by atoms with Gasteiger partial charge >= 0.3 is 0 Å². The topological polar surface area (TPSA) is 73.3 Å². The van der Waals surface area contributed by atoms with E-state index < -0.39 is 4.92 Å². The van der Waals surface area contributed by atoms with Crippen LogP contribution < -0.4 is 0 Å². The fraction of sp³-hybridized carbons (Fsp3) is 0. The van der Waals surface area contributed by atoms with Crippen LogP contribution in [-0.4, -0.2) is 19.5 Å². The molecule has 23 heavy (non-hydrogen) atoms. The summed E-state index contributed by atoms with van der Waals surface area (Å²) in [6.07, 6.45) is 0. The first-order chi connectivity index (χ1) is 11.2. The van der Waals surface area contributed by atoms with E-state index in [4.69, 9.17) is 0 Å². The summed E-state index contributed by atoms with van der Waals surface area (Å²) >= 11 is 1.49. The van der Waals surface area contributed by atoms with Crippen molar-refractivity contribution >= 4 is 22.0 Å². The lowest BCUT2D eigenvalue weighted by Crippen LogP contribution is -1.92. The van der Waals surface area contributed by atoms with E-state index in [0.29, 0.717) is 0 Å². The molecular weight excluding hydrogens is 312 g/mol. The van der Waals surface area contributed by atoms with E-state index in [9.17, 15) is 10.1 Å². The Hall–Kier alpha value is -3.06. The van der Waals surface area contributed by atoms with Crippen LogP contribution in [0, 0.1) is 10.1 Å². The van der Waals surface area contributed by atoms with Crippen molar-refractivity contribution in [3.8, 4) is 22.6 Å². The highest BCUT2D eigenvalue weighted by atomic mass is 32.1. The molecule has 0 aliphatic rings. The zero-order chi connectivity index (χ0) is 15.8. The molecule has 7 heteroatoms. The molecule has 0 saturated carbocycles. The maximum absolute atomic E-state index is 10.8. The molecule has 4 aromatic rings. The molecule has 0 unspecified atom stereocenters. The second-order valence-electron chi connectivity index (χ2n) is 4.93. The van der Waals surface area contributed by atoms with Crippen LogP contribution in [0.3, 0.4) is 0 Å². The Labute approximate surface area is 134 Å². The van der Waals surface area contributed by atoms with Gasteiger partial charge in [-0.1, -0.05) is 30.3 Å². The first-order valence-corrected chi connectivity index (χ1v) is 7.75. The zero-order valence-electron chi connectivity index (χ0n) is 11.8. The summed E-state index contributed by atoms with van der Waals surface area (Å²) in [5, 5.41) is 21.3. The Kier molecular flexibility index (Phi) is 3.13. The van der Waals surface area contributed by atoms with Crippen molar-refractivity contribution in [1.29, 1.82) is 0 Å². The number of aromatic nitrogens is 3. The highest BCUT2D eigenvalue weighted by molar-refractivity contribution is 7.15. The van der Waals surface area contributed by atoms with E-state index in [2.05, 4.69) is 10.2 Å². The van der Waals surface area contributed by atoms with Crippen molar-refractivity contribution in [3.05, 3.63) is 70.1 Å². The minimum atomic E-state index is -0.402. The van der Waals surface area contributed by atoms with Crippen molar-refractivity contribution in [2.75, 3.05) is 0 Å². The summed E-state index contributed by atoms with van der Waals surface area (Å²) in [5.74, 6) is 0.759. The van der Waals surface area contributed by atoms with Gasteiger partial charge in [0.15, 0.2) is 5.82 Å². The normalized spacial score (nSPS) is 11.0. The molecule has 0 radical (unpaired) electrons. The van der Waals surface area contributed by atoms with Crippen LogP contribution in [0.15, 0.2) is 60.0 Å². The minimum absolute atomic E-state index is 0.0762. The summed E-state index contributed by atoms with van der Waals surface area (Å²) in [4.78, 5) is 11.2. The first kappa shape index (κ1) is 13.6. The maximum Gasteiger partial charge on any atom is 0.269 e. The van der Waals surface area contributed by atoms with Gasteiger partial charge in [-0.3, -0.25) is 14.5 Å². The Morgan fingerprint density at radius 3 is 2.39 bits per heavy atom. The summed E-state index contributed by atoms with van der Waals surface area (Å²) in [7, 11) is 0. The van der Waals surface area contributed by atoms with E-state index in [0.717, 1.165) is 27.6 Å². The lowest BCUT2D eigenvalue weighted by atomic mass is 10.1. The third kappa shape index (κ3) is 2.27. The van der Waals surface area contributed by atoms with Crippen LogP contribution in [0.4, 0.5) is 5.69 Å². The fourth-order valence-electron chi connectivity index (χ4n) is 2.45. The van der Waals surface area contributed by atoms with E-state index in [1.807, 2.05) is 40.1 Å². The second-order valence-corrected chi connectivity index (χ2v) is 5.77. The number of hydrogen-bond donors (Lipinski definition) is 0. The van der Waals surface area contributed by atoms with Crippen molar-refractivity contribution in [1.82, 2.24) is 14.6 Å². The molecule has 0 bridgehead atoms. The molecule has 0 amide bonds. The van der Waals surface area contributed by atoms with E-state index in [-0.39, 0.29) is 5.69 Å². The van der Waals surface area contributed by atoms with Crippen LogP contribution in [0.5, 0.6) is 0 Å². The van der Waals surface area contributed by atoms with Crippen molar-refractivity contribution < 1.29 is 4.92 Å². The quantitative estimate of drug-likeness (QED) is 0.421.